The van der Waals surface area contributed by atoms with Gasteiger partial charge in [-0.1, -0.05) is 6.54 Å². The summed E-state index contributed by atoms with van der Waals surface area (Å²) in [6.45, 7) is 1.31. The van der Waals surface area contributed by atoms with Crippen molar-refractivity contribution in [1.29, 1.82) is 0 Å². The summed E-state index contributed by atoms with van der Waals surface area (Å²) in [5, 5.41) is 0. The smallest absolute Gasteiger partial charge is 0.109 e. The van der Waals surface area contributed by atoms with Crippen LogP contribution in [0.3, 0.4) is 0 Å². The molecule has 0 rings (SSSR count). The third-order valence-electron chi connectivity index (χ3n) is 0.249. The van der Waals surface area contributed by atoms with Crippen molar-refractivity contribution in [1.82, 2.24) is 0 Å². The fourth-order valence-corrected chi connectivity index (χ4v) is 0. The molecule has 0 aromatic rings. The molecule has 1 radical (unpaired) electrons. The monoisotopic (exact) mass is 259 g/mol. The molecule has 1 N–H and O–H groups in total. The van der Waals surface area contributed by atoms with Gasteiger partial charge in [0.15, 0.2) is 0 Å². The van der Waals surface area contributed by atoms with Gasteiger partial charge in [0.2, 0.25) is 0 Å². The largest absolute Gasteiger partial charge is 0.671 e. The standard InChI is InChI=1S/C3H6NO.Re/c1-3(5)2-4;/h4H,2H2,1H3;/q-1;. The fraction of sp³-hybridized carbons (Fsp3) is 0.667. The van der Waals surface area contributed by atoms with E-state index in [0.29, 0.717) is 0 Å². The Labute approximate surface area is 50.7 Å². The molecule has 0 aliphatic carbocycles. The molecule has 0 aliphatic heterocycles. The van der Waals surface area contributed by atoms with Crippen LogP contribution < -0.4 is 0 Å². The molecule has 0 aliphatic rings. The quantitative estimate of drug-likeness (QED) is 0.680. The zero-order chi connectivity index (χ0) is 4.28. The van der Waals surface area contributed by atoms with Crippen molar-refractivity contribution in [2.24, 2.45) is 0 Å². The van der Waals surface area contributed by atoms with Crippen molar-refractivity contribution in [3.05, 3.63) is 5.73 Å². The first kappa shape index (κ1) is 9.57. The Morgan fingerprint density at radius 1 is 1.83 bits per heavy atom. The third-order valence-corrected chi connectivity index (χ3v) is 0.249. The van der Waals surface area contributed by atoms with Crippen LogP contribution in [0, 0.1) is 0 Å². The number of carbonyl (C=O) groups is 1. The molecule has 6 heavy (non-hydrogen) atoms. The maximum absolute atomic E-state index is 9.62. The number of hydrogen-bond acceptors (Lipinski definition) is 1. The van der Waals surface area contributed by atoms with Gasteiger partial charge in [-0.2, -0.15) is 0 Å². The van der Waals surface area contributed by atoms with Crippen LogP contribution in [-0.2, 0) is 25.2 Å². The summed E-state index contributed by atoms with van der Waals surface area (Å²) in [7, 11) is 0. The van der Waals surface area contributed by atoms with Crippen LogP contribution in [-0.4, -0.2) is 12.3 Å². The summed E-state index contributed by atoms with van der Waals surface area (Å²) >= 11 is 0. The van der Waals surface area contributed by atoms with Crippen molar-refractivity contribution in [2.75, 3.05) is 6.54 Å². The second-order valence-corrected chi connectivity index (χ2v) is 0.879. The fourth-order valence-electron chi connectivity index (χ4n) is 0. The Morgan fingerprint density at radius 3 is 2.00 bits per heavy atom. The van der Waals surface area contributed by atoms with Crippen LogP contribution in [0.1, 0.15) is 6.92 Å². The second kappa shape index (κ2) is 5.29. The van der Waals surface area contributed by atoms with Gasteiger partial charge < -0.3 is 10.5 Å². The van der Waals surface area contributed by atoms with E-state index >= 15 is 0 Å². The SMILES string of the molecule is CC(=O)C[NH-].[Re]. The molecule has 0 saturated carbocycles. The summed E-state index contributed by atoms with van der Waals surface area (Å²) in [5.41, 5.74) is 6.31. The molecular formula is C3H6NORe-. The van der Waals surface area contributed by atoms with Crippen LogP contribution in [0.4, 0.5) is 0 Å². The van der Waals surface area contributed by atoms with Crippen LogP contribution >= 0.6 is 0 Å². The van der Waals surface area contributed by atoms with Gasteiger partial charge in [0, 0.05) is 20.4 Å². The topological polar surface area (TPSA) is 40.9 Å². The second-order valence-electron chi connectivity index (χ2n) is 0.879. The minimum Gasteiger partial charge on any atom is -0.671 e. The van der Waals surface area contributed by atoms with E-state index in [9.17, 15) is 4.79 Å². The summed E-state index contributed by atoms with van der Waals surface area (Å²) in [4.78, 5) is 9.62. The van der Waals surface area contributed by atoms with E-state index in [1.54, 1.807) is 0 Å². The zero-order valence-corrected chi connectivity index (χ0v) is 6.21. The minimum atomic E-state index is -0.0833. The van der Waals surface area contributed by atoms with E-state index in [1.807, 2.05) is 0 Å². The minimum absolute atomic E-state index is 0. The van der Waals surface area contributed by atoms with Crippen LogP contribution in [0.25, 0.3) is 5.73 Å². The molecule has 3 heteroatoms. The Hall–Kier alpha value is 0.292. The zero-order valence-electron chi connectivity index (χ0n) is 3.49. The Balaban J connectivity index is 0. The van der Waals surface area contributed by atoms with Crippen molar-refractivity contribution in [3.8, 4) is 0 Å². The summed E-state index contributed by atoms with van der Waals surface area (Å²) in [5.74, 6) is -0.0787. The molecule has 2 nitrogen and oxygen atoms in total. The van der Waals surface area contributed by atoms with E-state index in [0.717, 1.165) is 0 Å². The number of ketones is 1. The van der Waals surface area contributed by atoms with E-state index in [-0.39, 0.29) is 32.8 Å². The molecule has 0 aromatic carbocycles. The number of nitrogens with one attached hydrogen (secondary N) is 1. The Kier molecular flexibility index (Phi) is 8.44. The molecule has 0 aromatic heterocycles. The Bertz CT molecular complexity index is 46.1. The number of Topliss-reactive ketones (excluding diaryl/α,β-unsaturated/α-hetero) is 1. The van der Waals surface area contributed by atoms with Gasteiger partial charge >= 0.3 is 0 Å². The number of carbonyl (C=O) groups excluding carboxylic acids is 1. The van der Waals surface area contributed by atoms with Crippen molar-refractivity contribution in [3.63, 3.8) is 0 Å². The molecule has 0 fully saturated rings. The summed E-state index contributed by atoms with van der Waals surface area (Å²) in [6.07, 6.45) is 0. The average Bonchev–Trinajstić information content (AvgIpc) is 1.38. The van der Waals surface area contributed by atoms with Gasteiger partial charge in [0.1, 0.15) is 5.78 Å². The molecule has 0 heterocycles. The summed E-state index contributed by atoms with van der Waals surface area (Å²) in [6, 6.07) is 0. The van der Waals surface area contributed by atoms with Gasteiger partial charge in [-0.25, -0.2) is 0 Å². The van der Waals surface area contributed by atoms with Gasteiger partial charge in [0.05, 0.1) is 0 Å². The number of rotatable bonds is 1. The van der Waals surface area contributed by atoms with Gasteiger partial charge in [0.25, 0.3) is 0 Å². The first-order valence-corrected chi connectivity index (χ1v) is 1.41. The molecule has 37 valence electrons. The first-order chi connectivity index (χ1) is 2.27. The average molecular weight is 258 g/mol. The van der Waals surface area contributed by atoms with E-state index in [2.05, 4.69) is 0 Å². The van der Waals surface area contributed by atoms with Crippen molar-refractivity contribution < 1.29 is 25.2 Å². The normalized spacial score (nSPS) is 6.33. The molecule has 0 saturated heterocycles. The maximum Gasteiger partial charge on any atom is 0.109 e. The van der Waals surface area contributed by atoms with Gasteiger partial charge in [-0.15, -0.1) is 0 Å². The number of hydrogen-bond donors (Lipinski definition) is 0. The molecule has 0 atom stereocenters. The van der Waals surface area contributed by atoms with Crippen molar-refractivity contribution >= 4 is 5.78 Å². The third kappa shape index (κ3) is 8.85. The predicted octanol–water partition coefficient (Wildman–Crippen LogP) is 0.625. The molecule has 0 bridgehead atoms. The van der Waals surface area contributed by atoms with E-state index in [1.165, 1.54) is 6.92 Å². The van der Waals surface area contributed by atoms with Crippen LogP contribution in [0.5, 0.6) is 0 Å². The van der Waals surface area contributed by atoms with Gasteiger partial charge in [-0.05, 0) is 6.92 Å². The first-order valence-electron chi connectivity index (χ1n) is 1.41. The summed E-state index contributed by atoms with van der Waals surface area (Å²) < 4.78 is 0. The van der Waals surface area contributed by atoms with Crippen LogP contribution in [0.15, 0.2) is 0 Å². The molecular weight excluding hydrogens is 252 g/mol. The molecule has 0 unspecified atom stereocenters. The van der Waals surface area contributed by atoms with Crippen LogP contribution in [0.2, 0.25) is 0 Å². The predicted molar refractivity (Wildman–Crippen MR) is 19.9 cm³/mol. The van der Waals surface area contributed by atoms with Crippen molar-refractivity contribution in [2.45, 2.75) is 6.92 Å². The molecule has 0 amide bonds. The Morgan fingerprint density at radius 2 is 2.00 bits per heavy atom. The van der Waals surface area contributed by atoms with E-state index in [4.69, 9.17) is 5.73 Å². The van der Waals surface area contributed by atoms with Gasteiger partial charge in [-0.3, -0.25) is 0 Å². The molecule has 0 spiro atoms. The maximum atomic E-state index is 9.62. The van der Waals surface area contributed by atoms with E-state index < -0.39 is 0 Å².